The number of carbonyl (C=O) groups is 4. The molecule has 2 aliphatic heterocycles. The van der Waals surface area contributed by atoms with Crippen molar-refractivity contribution in [2.45, 2.75) is 69.7 Å². The second-order valence-corrected chi connectivity index (χ2v) is 11.5. The summed E-state index contributed by atoms with van der Waals surface area (Å²) in [6.45, 7) is 1.66. The van der Waals surface area contributed by atoms with Crippen LogP contribution in [0.1, 0.15) is 74.8 Å². The molecule has 214 valence electrons. The minimum Gasteiger partial charge on any atom is -0.451 e. The van der Waals surface area contributed by atoms with Gasteiger partial charge in [-0.2, -0.15) is 0 Å². The van der Waals surface area contributed by atoms with Crippen LogP contribution in [-0.4, -0.2) is 48.7 Å². The normalized spacial score (nSPS) is 19.3. The number of anilines is 3. The van der Waals surface area contributed by atoms with Gasteiger partial charge in [0.2, 0.25) is 11.8 Å². The number of rotatable bonds is 6. The summed E-state index contributed by atoms with van der Waals surface area (Å²) in [7, 11) is 0. The molecule has 2 saturated heterocycles. The number of benzene rings is 2. The second kappa shape index (κ2) is 11.4. The highest BCUT2D eigenvalue weighted by molar-refractivity contribution is 6.05. The molecule has 0 radical (unpaired) electrons. The molecule has 0 unspecified atom stereocenters. The van der Waals surface area contributed by atoms with Crippen LogP contribution in [0.5, 0.6) is 0 Å². The van der Waals surface area contributed by atoms with Crippen molar-refractivity contribution in [2.75, 3.05) is 34.8 Å². The van der Waals surface area contributed by atoms with Crippen molar-refractivity contribution >= 4 is 51.5 Å². The molecule has 0 atom stereocenters. The fraction of sp³-hybridized carbons (Fsp3) is 0.438. The number of hydrogen-bond donors (Lipinski definition) is 2. The largest absolute Gasteiger partial charge is 0.451 e. The molecule has 1 saturated carbocycles. The minimum atomic E-state index is -1.08. The van der Waals surface area contributed by atoms with Gasteiger partial charge in [0.1, 0.15) is 11.1 Å². The Morgan fingerprint density at radius 3 is 2.44 bits per heavy atom. The molecule has 3 fully saturated rings. The van der Waals surface area contributed by atoms with E-state index in [0.717, 1.165) is 56.1 Å². The number of furan rings is 1. The maximum absolute atomic E-state index is 13.9. The van der Waals surface area contributed by atoms with Crippen molar-refractivity contribution in [3.05, 3.63) is 54.3 Å². The highest BCUT2D eigenvalue weighted by Gasteiger charge is 2.42. The summed E-state index contributed by atoms with van der Waals surface area (Å²) in [6.07, 6.45) is 7.28. The molecule has 0 bridgehead atoms. The first-order valence-electron chi connectivity index (χ1n) is 14.8. The zero-order valence-electron chi connectivity index (χ0n) is 23.2. The van der Waals surface area contributed by atoms with E-state index in [1.165, 1.54) is 0 Å². The van der Waals surface area contributed by atoms with Crippen LogP contribution < -0.4 is 20.4 Å². The Balaban J connectivity index is 1.27. The lowest BCUT2D eigenvalue weighted by Gasteiger charge is -2.37. The number of hydrogen-bond acceptors (Lipinski definition) is 6. The fourth-order valence-electron chi connectivity index (χ4n) is 6.38. The molecule has 2 aromatic carbocycles. The van der Waals surface area contributed by atoms with Gasteiger partial charge in [-0.1, -0.05) is 37.5 Å². The van der Waals surface area contributed by atoms with Crippen LogP contribution in [0.2, 0.25) is 0 Å². The summed E-state index contributed by atoms with van der Waals surface area (Å²) in [5.41, 5.74) is 1.64. The van der Waals surface area contributed by atoms with E-state index in [9.17, 15) is 19.2 Å². The SMILES string of the molecule is O=C1CCCN(c2ccc(NC(=O)C3(NC(=O)c4cc5ccccc5o4)CCCCC3)cc2N2CCCCC2=O)C1. The Kier molecular flexibility index (Phi) is 7.51. The number of nitrogens with one attached hydrogen (secondary N) is 2. The van der Waals surface area contributed by atoms with Gasteiger partial charge in [0.05, 0.1) is 17.9 Å². The van der Waals surface area contributed by atoms with E-state index in [-0.39, 0.29) is 23.4 Å². The molecule has 3 heterocycles. The van der Waals surface area contributed by atoms with Crippen molar-refractivity contribution in [3.63, 3.8) is 0 Å². The van der Waals surface area contributed by atoms with E-state index < -0.39 is 11.4 Å². The quantitative estimate of drug-likeness (QED) is 0.432. The average Bonchev–Trinajstić information content (AvgIpc) is 3.43. The third kappa shape index (κ3) is 5.58. The van der Waals surface area contributed by atoms with Crippen molar-refractivity contribution < 1.29 is 23.6 Å². The van der Waals surface area contributed by atoms with Crippen LogP contribution in [0.15, 0.2) is 52.9 Å². The van der Waals surface area contributed by atoms with E-state index in [1.807, 2.05) is 47.4 Å². The number of Topliss-reactive ketones (excluding diaryl/α,β-unsaturated/α-hetero) is 1. The van der Waals surface area contributed by atoms with Gasteiger partial charge in [0, 0.05) is 37.0 Å². The van der Waals surface area contributed by atoms with Gasteiger partial charge in [-0.3, -0.25) is 19.2 Å². The Morgan fingerprint density at radius 1 is 0.829 bits per heavy atom. The number of carbonyl (C=O) groups excluding carboxylic acids is 4. The first-order chi connectivity index (χ1) is 19.9. The lowest BCUT2D eigenvalue weighted by molar-refractivity contribution is -0.123. The number of fused-ring (bicyclic) bond motifs is 1. The van der Waals surface area contributed by atoms with Gasteiger partial charge < -0.3 is 24.9 Å². The molecule has 9 nitrogen and oxygen atoms in total. The Bertz CT molecular complexity index is 1460. The van der Waals surface area contributed by atoms with E-state index >= 15 is 0 Å². The minimum absolute atomic E-state index is 0.0474. The average molecular weight is 557 g/mol. The van der Waals surface area contributed by atoms with Gasteiger partial charge >= 0.3 is 0 Å². The summed E-state index contributed by atoms with van der Waals surface area (Å²) in [4.78, 5) is 56.2. The molecule has 1 aromatic heterocycles. The van der Waals surface area contributed by atoms with E-state index in [4.69, 9.17) is 4.42 Å². The Morgan fingerprint density at radius 2 is 1.66 bits per heavy atom. The molecule has 0 spiro atoms. The fourth-order valence-corrected chi connectivity index (χ4v) is 6.38. The Hall–Kier alpha value is -4.14. The van der Waals surface area contributed by atoms with Crippen LogP contribution in [-0.2, 0) is 14.4 Å². The zero-order chi connectivity index (χ0) is 28.4. The van der Waals surface area contributed by atoms with Crippen molar-refractivity contribution in [2.24, 2.45) is 0 Å². The first-order valence-corrected chi connectivity index (χ1v) is 14.8. The molecule has 1 aliphatic carbocycles. The van der Waals surface area contributed by atoms with Gasteiger partial charge in [0.15, 0.2) is 11.5 Å². The summed E-state index contributed by atoms with van der Waals surface area (Å²) in [5.74, 6) is -0.285. The predicted octanol–water partition coefficient (Wildman–Crippen LogP) is 5.19. The molecular formula is C32H36N4O5. The maximum atomic E-state index is 13.9. The number of nitrogens with zero attached hydrogens (tertiary/aromatic N) is 2. The highest BCUT2D eigenvalue weighted by Crippen LogP contribution is 2.37. The maximum Gasteiger partial charge on any atom is 0.287 e. The topological polar surface area (TPSA) is 112 Å². The van der Waals surface area contributed by atoms with Crippen LogP contribution in [0.3, 0.4) is 0 Å². The molecule has 3 amide bonds. The molecular weight excluding hydrogens is 520 g/mol. The van der Waals surface area contributed by atoms with Crippen LogP contribution in [0, 0.1) is 0 Å². The van der Waals surface area contributed by atoms with Gasteiger partial charge in [-0.25, -0.2) is 0 Å². The predicted molar refractivity (Wildman–Crippen MR) is 157 cm³/mol. The van der Waals surface area contributed by atoms with Crippen LogP contribution in [0.4, 0.5) is 17.1 Å². The van der Waals surface area contributed by atoms with Crippen molar-refractivity contribution in [1.29, 1.82) is 0 Å². The standard InChI is InChI=1S/C32H36N4O5/c37-24-10-8-17-35(21-24)25-14-13-23(20-26(25)36-18-7-4-12-29(36)38)33-31(40)32(15-5-1-6-16-32)34-30(39)28-19-22-9-2-3-11-27(22)41-28/h2-3,9,11,13-14,19-20H,1,4-8,10,12,15-18,21H2,(H,33,40)(H,34,39). The molecule has 41 heavy (non-hydrogen) atoms. The smallest absolute Gasteiger partial charge is 0.287 e. The monoisotopic (exact) mass is 556 g/mol. The highest BCUT2D eigenvalue weighted by atomic mass is 16.3. The summed E-state index contributed by atoms with van der Waals surface area (Å²) in [6, 6.07) is 14.7. The molecule has 2 N–H and O–H groups in total. The lowest BCUT2D eigenvalue weighted by Crippen LogP contribution is -2.57. The number of amides is 3. The summed E-state index contributed by atoms with van der Waals surface area (Å²) < 4.78 is 5.78. The van der Waals surface area contributed by atoms with E-state index in [0.29, 0.717) is 55.7 Å². The van der Waals surface area contributed by atoms with Crippen LogP contribution >= 0.6 is 0 Å². The third-order valence-electron chi connectivity index (χ3n) is 8.58. The molecule has 3 aliphatic rings. The molecule has 6 rings (SSSR count). The number of ketones is 1. The number of piperidine rings is 2. The van der Waals surface area contributed by atoms with Crippen molar-refractivity contribution in [1.82, 2.24) is 5.32 Å². The lowest BCUT2D eigenvalue weighted by atomic mass is 9.80. The second-order valence-electron chi connectivity index (χ2n) is 11.5. The third-order valence-corrected chi connectivity index (χ3v) is 8.58. The van der Waals surface area contributed by atoms with Crippen molar-refractivity contribution in [3.8, 4) is 0 Å². The van der Waals surface area contributed by atoms with Gasteiger partial charge in [0.25, 0.3) is 5.91 Å². The van der Waals surface area contributed by atoms with E-state index in [2.05, 4.69) is 10.6 Å². The van der Waals surface area contributed by atoms with Gasteiger partial charge in [-0.15, -0.1) is 0 Å². The van der Waals surface area contributed by atoms with Gasteiger partial charge in [-0.05, 0) is 62.4 Å². The van der Waals surface area contributed by atoms with Crippen LogP contribution in [0.25, 0.3) is 11.0 Å². The van der Waals surface area contributed by atoms with E-state index in [1.54, 1.807) is 11.0 Å². The summed E-state index contributed by atoms with van der Waals surface area (Å²) in [5, 5.41) is 6.92. The first kappa shape index (κ1) is 27.1. The molecule has 9 heteroatoms. The number of para-hydroxylation sites is 1. The summed E-state index contributed by atoms with van der Waals surface area (Å²) >= 11 is 0. The zero-order valence-corrected chi connectivity index (χ0v) is 23.2. The Labute approximate surface area is 239 Å². The molecule has 3 aromatic rings.